The Bertz CT molecular complexity index is 980. The minimum absolute atomic E-state index is 0.126. The molecular weight excluding hydrogens is 368 g/mol. The van der Waals surface area contributed by atoms with E-state index in [1.807, 2.05) is 48.3 Å². The van der Waals surface area contributed by atoms with Crippen molar-refractivity contribution in [1.29, 1.82) is 0 Å². The summed E-state index contributed by atoms with van der Waals surface area (Å²) in [6, 6.07) is 17.0. The number of carbonyl (C=O) groups excluding carboxylic acids is 2. The van der Waals surface area contributed by atoms with Gasteiger partial charge < -0.3 is 19.1 Å². The molecule has 1 aliphatic heterocycles. The highest BCUT2D eigenvalue weighted by atomic mass is 16.3. The van der Waals surface area contributed by atoms with Crippen LogP contribution < -0.4 is 4.90 Å². The van der Waals surface area contributed by atoms with Crippen LogP contribution in [0.4, 0.5) is 11.4 Å². The van der Waals surface area contributed by atoms with Crippen LogP contribution in [0.15, 0.2) is 71.5 Å². The molecule has 0 bridgehead atoms. The fourth-order valence-corrected chi connectivity index (χ4v) is 3.38. The van der Waals surface area contributed by atoms with Gasteiger partial charge in [-0.15, -0.1) is 0 Å². The quantitative estimate of drug-likeness (QED) is 0.685. The van der Waals surface area contributed by atoms with Crippen LogP contribution in [-0.2, 0) is 0 Å². The number of hydrogen-bond donors (Lipinski definition) is 0. The molecule has 2 aromatic heterocycles. The van der Waals surface area contributed by atoms with Gasteiger partial charge in [-0.2, -0.15) is 0 Å². The fraction of sp³-hybridized carbons (Fsp3) is 0.227. The predicted octanol–water partition coefficient (Wildman–Crippen LogP) is 3.04. The molecule has 0 N–H and O–H groups in total. The van der Waals surface area contributed by atoms with Gasteiger partial charge in [-0.1, -0.05) is 18.2 Å². The summed E-state index contributed by atoms with van der Waals surface area (Å²) in [5, 5.41) is 0. The van der Waals surface area contributed by atoms with Crippen LogP contribution in [0.3, 0.4) is 0 Å². The summed E-state index contributed by atoms with van der Waals surface area (Å²) < 4.78 is 5.18. The molecule has 2 amide bonds. The number of hydrogen-bond acceptors (Lipinski definition) is 5. The number of furan rings is 1. The lowest BCUT2D eigenvalue weighted by Crippen LogP contribution is -2.50. The van der Waals surface area contributed by atoms with Crippen molar-refractivity contribution in [2.24, 2.45) is 0 Å². The maximum atomic E-state index is 12.9. The Hall–Kier alpha value is -3.61. The van der Waals surface area contributed by atoms with E-state index in [0.29, 0.717) is 37.6 Å². The number of amides is 2. The molecule has 148 valence electrons. The second kappa shape index (κ2) is 8.18. The van der Waals surface area contributed by atoms with Gasteiger partial charge in [0.25, 0.3) is 11.8 Å². The molecule has 3 aromatic rings. The zero-order valence-electron chi connectivity index (χ0n) is 16.2. The largest absolute Gasteiger partial charge is 0.459 e. The number of para-hydroxylation sites is 1. The fourth-order valence-electron chi connectivity index (χ4n) is 3.38. The Balaban J connectivity index is 1.42. The maximum absolute atomic E-state index is 12.9. The molecule has 1 saturated heterocycles. The van der Waals surface area contributed by atoms with Gasteiger partial charge in [0.1, 0.15) is 5.69 Å². The van der Waals surface area contributed by atoms with Gasteiger partial charge in [0, 0.05) is 50.8 Å². The molecule has 7 nitrogen and oxygen atoms in total. The van der Waals surface area contributed by atoms with Crippen LogP contribution in [0.2, 0.25) is 0 Å². The molecule has 0 aliphatic carbocycles. The van der Waals surface area contributed by atoms with E-state index in [-0.39, 0.29) is 11.8 Å². The average Bonchev–Trinajstić information content (AvgIpc) is 3.33. The van der Waals surface area contributed by atoms with Crippen molar-refractivity contribution < 1.29 is 14.0 Å². The number of benzene rings is 1. The van der Waals surface area contributed by atoms with Crippen LogP contribution >= 0.6 is 0 Å². The molecule has 0 unspecified atom stereocenters. The zero-order chi connectivity index (χ0) is 20.2. The molecular formula is C22H22N4O3. The Morgan fingerprint density at radius 2 is 1.59 bits per heavy atom. The van der Waals surface area contributed by atoms with E-state index < -0.39 is 0 Å². The summed E-state index contributed by atoms with van der Waals surface area (Å²) in [5.41, 5.74) is 2.32. The molecule has 29 heavy (non-hydrogen) atoms. The molecule has 1 aromatic carbocycles. The van der Waals surface area contributed by atoms with Gasteiger partial charge in [-0.05, 0) is 36.4 Å². The van der Waals surface area contributed by atoms with Gasteiger partial charge in [0.2, 0.25) is 0 Å². The van der Waals surface area contributed by atoms with E-state index in [9.17, 15) is 9.59 Å². The van der Waals surface area contributed by atoms with Crippen molar-refractivity contribution in [2.45, 2.75) is 0 Å². The first kappa shape index (κ1) is 18.7. The number of aromatic nitrogens is 1. The first-order valence-electron chi connectivity index (χ1n) is 9.50. The van der Waals surface area contributed by atoms with Crippen molar-refractivity contribution in [2.75, 3.05) is 38.1 Å². The summed E-state index contributed by atoms with van der Waals surface area (Å²) in [5.74, 6) is 0.0493. The topological polar surface area (TPSA) is 69.9 Å². The van der Waals surface area contributed by atoms with Crippen LogP contribution in [0.1, 0.15) is 21.0 Å². The minimum Gasteiger partial charge on any atom is -0.459 e. The van der Waals surface area contributed by atoms with E-state index >= 15 is 0 Å². The maximum Gasteiger partial charge on any atom is 0.289 e. The summed E-state index contributed by atoms with van der Waals surface area (Å²) >= 11 is 0. The molecule has 0 radical (unpaired) electrons. The smallest absolute Gasteiger partial charge is 0.289 e. The summed E-state index contributed by atoms with van der Waals surface area (Å²) in [4.78, 5) is 35.0. The number of rotatable bonds is 4. The number of anilines is 2. The van der Waals surface area contributed by atoms with Gasteiger partial charge in [-0.25, -0.2) is 0 Å². The van der Waals surface area contributed by atoms with E-state index in [1.54, 1.807) is 34.2 Å². The molecule has 0 atom stereocenters. The third-order valence-corrected chi connectivity index (χ3v) is 5.08. The van der Waals surface area contributed by atoms with Crippen LogP contribution in [0.25, 0.3) is 0 Å². The lowest BCUT2D eigenvalue weighted by atomic mass is 10.2. The summed E-state index contributed by atoms with van der Waals surface area (Å²) in [6.07, 6.45) is 3.14. The zero-order valence-corrected chi connectivity index (χ0v) is 16.2. The average molecular weight is 390 g/mol. The number of nitrogens with zero attached hydrogens (tertiary/aromatic N) is 4. The van der Waals surface area contributed by atoms with Gasteiger partial charge >= 0.3 is 0 Å². The Labute approximate surface area is 169 Å². The van der Waals surface area contributed by atoms with Crippen LogP contribution in [-0.4, -0.2) is 59.8 Å². The molecule has 0 saturated carbocycles. The van der Waals surface area contributed by atoms with Crippen molar-refractivity contribution in [3.63, 3.8) is 0 Å². The summed E-state index contributed by atoms with van der Waals surface area (Å²) in [6.45, 7) is 1.86. The van der Waals surface area contributed by atoms with Crippen molar-refractivity contribution in [3.05, 3.63) is 78.5 Å². The molecule has 1 aliphatic rings. The molecule has 0 spiro atoms. The third-order valence-electron chi connectivity index (χ3n) is 5.08. The highest BCUT2D eigenvalue weighted by Crippen LogP contribution is 2.23. The standard InChI is InChI=1S/C22H22N4O3/c1-24(17-6-3-2-4-7-17)18-9-10-23-19(16-18)21(27)25-11-13-26(14-12-25)22(28)20-8-5-15-29-20/h2-10,15-16H,11-14H2,1H3. The second-order valence-electron chi connectivity index (χ2n) is 6.86. The predicted molar refractivity (Wildman–Crippen MR) is 109 cm³/mol. The number of piperazine rings is 1. The Morgan fingerprint density at radius 1 is 0.897 bits per heavy atom. The van der Waals surface area contributed by atoms with E-state index in [2.05, 4.69) is 4.98 Å². The van der Waals surface area contributed by atoms with Gasteiger partial charge in [0.05, 0.1) is 6.26 Å². The first-order chi connectivity index (χ1) is 14.1. The highest BCUT2D eigenvalue weighted by Gasteiger charge is 2.27. The SMILES string of the molecule is CN(c1ccccc1)c1ccnc(C(=O)N2CCN(C(=O)c3ccco3)CC2)c1. The first-order valence-corrected chi connectivity index (χ1v) is 9.50. The minimum atomic E-state index is -0.147. The monoisotopic (exact) mass is 390 g/mol. The van der Waals surface area contributed by atoms with Gasteiger partial charge in [0.15, 0.2) is 5.76 Å². The van der Waals surface area contributed by atoms with Gasteiger partial charge in [-0.3, -0.25) is 14.6 Å². The Morgan fingerprint density at radius 3 is 2.24 bits per heavy atom. The molecule has 1 fully saturated rings. The number of pyridine rings is 1. The molecule has 3 heterocycles. The van der Waals surface area contributed by atoms with E-state index in [4.69, 9.17) is 4.42 Å². The highest BCUT2D eigenvalue weighted by molar-refractivity contribution is 5.94. The Kier molecular flexibility index (Phi) is 5.29. The third kappa shape index (κ3) is 3.99. The van der Waals surface area contributed by atoms with E-state index in [0.717, 1.165) is 11.4 Å². The van der Waals surface area contributed by atoms with E-state index in [1.165, 1.54) is 6.26 Å². The van der Waals surface area contributed by atoms with Crippen molar-refractivity contribution in [3.8, 4) is 0 Å². The second-order valence-corrected chi connectivity index (χ2v) is 6.86. The molecule has 4 rings (SSSR count). The normalized spacial score (nSPS) is 14.0. The van der Waals surface area contributed by atoms with Crippen LogP contribution in [0.5, 0.6) is 0 Å². The molecule has 7 heteroatoms. The lowest BCUT2D eigenvalue weighted by molar-refractivity contribution is 0.0515. The lowest BCUT2D eigenvalue weighted by Gasteiger charge is -2.34. The van der Waals surface area contributed by atoms with Crippen molar-refractivity contribution >= 4 is 23.2 Å². The van der Waals surface area contributed by atoms with Crippen molar-refractivity contribution in [1.82, 2.24) is 14.8 Å². The number of carbonyl (C=O) groups is 2. The summed E-state index contributed by atoms with van der Waals surface area (Å²) in [7, 11) is 1.96. The van der Waals surface area contributed by atoms with Crippen LogP contribution in [0, 0.1) is 0 Å².